The smallest absolute Gasteiger partial charge is 0.311 e. The third-order valence-electron chi connectivity index (χ3n) is 6.22. The average Bonchev–Trinajstić information content (AvgIpc) is 2.53. The molecule has 1 saturated carbocycles. The molecule has 1 aromatic carbocycles. The summed E-state index contributed by atoms with van der Waals surface area (Å²) in [5.41, 5.74) is 2.44. The number of fused-ring (bicyclic) bond motifs is 3. The van der Waals surface area contributed by atoms with E-state index in [9.17, 15) is 4.79 Å². The van der Waals surface area contributed by atoms with Crippen LogP contribution in [0.3, 0.4) is 0 Å². The topological polar surface area (TPSA) is 35.5 Å². The summed E-state index contributed by atoms with van der Waals surface area (Å²) in [6.07, 6.45) is 5.21. The van der Waals surface area contributed by atoms with E-state index < -0.39 is 0 Å². The van der Waals surface area contributed by atoms with E-state index in [4.69, 9.17) is 9.47 Å². The second-order valence-corrected chi connectivity index (χ2v) is 7.29. The van der Waals surface area contributed by atoms with Crippen molar-refractivity contribution in [3.05, 3.63) is 29.3 Å². The van der Waals surface area contributed by atoms with Crippen molar-refractivity contribution < 1.29 is 14.3 Å². The van der Waals surface area contributed by atoms with Gasteiger partial charge < -0.3 is 9.47 Å². The van der Waals surface area contributed by atoms with Crippen LogP contribution < -0.4 is 4.74 Å². The normalized spacial score (nSPS) is 33.5. The average molecular weight is 302 g/mol. The predicted molar refractivity (Wildman–Crippen MR) is 86.1 cm³/mol. The maximum atomic E-state index is 12.5. The van der Waals surface area contributed by atoms with Gasteiger partial charge >= 0.3 is 5.97 Å². The van der Waals surface area contributed by atoms with Crippen molar-refractivity contribution in [2.45, 2.75) is 51.4 Å². The molecule has 3 nitrogen and oxygen atoms in total. The van der Waals surface area contributed by atoms with Crippen LogP contribution in [-0.4, -0.2) is 20.2 Å². The number of carbonyl (C=O) groups excluding carboxylic acids is 1. The van der Waals surface area contributed by atoms with Crippen molar-refractivity contribution in [1.29, 1.82) is 0 Å². The molecule has 0 spiro atoms. The van der Waals surface area contributed by atoms with Gasteiger partial charge in [0, 0.05) is 0 Å². The lowest BCUT2D eigenvalue weighted by molar-refractivity contribution is -0.161. The molecule has 0 amide bonds. The molecular formula is C19H26O3. The van der Waals surface area contributed by atoms with E-state index in [1.165, 1.54) is 18.2 Å². The van der Waals surface area contributed by atoms with Gasteiger partial charge in [-0.25, -0.2) is 0 Å². The van der Waals surface area contributed by atoms with Crippen molar-refractivity contribution in [2.75, 3.05) is 14.2 Å². The van der Waals surface area contributed by atoms with Gasteiger partial charge in [-0.2, -0.15) is 0 Å². The predicted octanol–water partition coefficient (Wildman–Crippen LogP) is 3.88. The third-order valence-corrected chi connectivity index (χ3v) is 6.22. The summed E-state index contributed by atoms with van der Waals surface area (Å²) < 4.78 is 10.6. The molecule has 22 heavy (non-hydrogen) atoms. The van der Waals surface area contributed by atoms with Crippen molar-refractivity contribution in [3.8, 4) is 5.75 Å². The lowest BCUT2D eigenvalue weighted by Crippen LogP contribution is -2.52. The molecule has 1 aromatic rings. The van der Waals surface area contributed by atoms with Gasteiger partial charge in [0.1, 0.15) is 5.75 Å². The number of aryl methyl sites for hydroxylation is 1. The minimum Gasteiger partial charge on any atom is -0.497 e. The zero-order valence-electron chi connectivity index (χ0n) is 14.1. The lowest BCUT2D eigenvalue weighted by atomic mass is 9.50. The van der Waals surface area contributed by atoms with Gasteiger partial charge in [0.25, 0.3) is 0 Å². The second kappa shape index (κ2) is 5.29. The minimum absolute atomic E-state index is 0.0311. The summed E-state index contributed by atoms with van der Waals surface area (Å²) >= 11 is 0. The SMILES string of the molecule is COC(=O)C1(C)CCC[C@]2(C)c3cc(OC)ccc3CC[C@@H]12. The number of methoxy groups -OCH3 is 2. The molecule has 3 rings (SSSR count). The van der Waals surface area contributed by atoms with E-state index in [0.717, 1.165) is 37.9 Å². The van der Waals surface area contributed by atoms with Gasteiger partial charge in [-0.1, -0.05) is 19.4 Å². The van der Waals surface area contributed by atoms with E-state index >= 15 is 0 Å². The van der Waals surface area contributed by atoms with Crippen LogP contribution in [0.25, 0.3) is 0 Å². The molecule has 3 heteroatoms. The summed E-state index contributed by atoms with van der Waals surface area (Å²) in [5.74, 6) is 1.20. The molecule has 1 unspecified atom stereocenters. The zero-order chi connectivity index (χ0) is 16.0. The van der Waals surface area contributed by atoms with Gasteiger partial charge in [-0.15, -0.1) is 0 Å². The standard InChI is InChI=1S/C19H26O3/c1-18-10-5-11-19(2,17(20)22-4)16(18)9-7-13-6-8-14(21-3)12-15(13)18/h6,8,12,16H,5,7,9-11H2,1-4H3/t16-,18-,19?/m1/s1. The van der Waals surface area contributed by atoms with Crippen molar-refractivity contribution in [1.82, 2.24) is 0 Å². The van der Waals surface area contributed by atoms with Crippen LogP contribution >= 0.6 is 0 Å². The highest BCUT2D eigenvalue weighted by molar-refractivity contribution is 5.77. The minimum atomic E-state index is -0.373. The number of ether oxygens (including phenoxy) is 2. The van der Waals surface area contributed by atoms with E-state index in [0.29, 0.717) is 5.92 Å². The van der Waals surface area contributed by atoms with E-state index in [-0.39, 0.29) is 16.8 Å². The molecule has 3 atom stereocenters. The Morgan fingerprint density at radius 2 is 2.00 bits per heavy atom. The molecular weight excluding hydrogens is 276 g/mol. The fourth-order valence-corrected chi connectivity index (χ4v) is 5.04. The fraction of sp³-hybridized carbons (Fsp3) is 0.632. The monoisotopic (exact) mass is 302 g/mol. The molecule has 0 aliphatic heterocycles. The number of benzene rings is 1. The van der Waals surface area contributed by atoms with E-state index in [1.54, 1.807) is 7.11 Å². The van der Waals surface area contributed by atoms with Crippen molar-refractivity contribution in [3.63, 3.8) is 0 Å². The molecule has 120 valence electrons. The van der Waals surface area contributed by atoms with Crippen molar-refractivity contribution >= 4 is 5.97 Å². The van der Waals surface area contributed by atoms with Crippen LogP contribution in [-0.2, 0) is 21.4 Å². The highest BCUT2D eigenvalue weighted by Gasteiger charge is 2.55. The zero-order valence-corrected chi connectivity index (χ0v) is 14.1. The summed E-state index contributed by atoms with van der Waals surface area (Å²) in [7, 11) is 3.23. The molecule has 0 aromatic heterocycles. The third kappa shape index (κ3) is 2.05. The van der Waals surface area contributed by atoms with Gasteiger partial charge in [-0.3, -0.25) is 4.79 Å². The van der Waals surface area contributed by atoms with Crippen LogP contribution in [0.1, 0.15) is 50.7 Å². The molecule has 1 fully saturated rings. The quantitative estimate of drug-likeness (QED) is 0.778. The number of hydrogen-bond acceptors (Lipinski definition) is 3. The Labute approximate surface area is 133 Å². The molecule has 2 aliphatic carbocycles. The van der Waals surface area contributed by atoms with Gasteiger partial charge in [0.2, 0.25) is 0 Å². The molecule has 0 radical (unpaired) electrons. The first-order valence-corrected chi connectivity index (χ1v) is 8.21. The first kappa shape index (κ1) is 15.4. The van der Waals surface area contributed by atoms with Crippen LogP contribution in [0, 0.1) is 11.3 Å². The Morgan fingerprint density at radius 1 is 1.23 bits per heavy atom. The Hall–Kier alpha value is -1.51. The largest absolute Gasteiger partial charge is 0.497 e. The highest BCUT2D eigenvalue weighted by atomic mass is 16.5. The summed E-state index contributed by atoms with van der Waals surface area (Å²) in [5, 5.41) is 0. The second-order valence-electron chi connectivity index (χ2n) is 7.29. The number of esters is 1. The molecule has 2 aliphatic rings. The first-order chi connectivity index (χ1) is 10.5. The molecule has 0 heterocycles. The van der Waals surface area contributed by atoms with E-state index in [1.807, 2.05) is 6.07 Å². The Kier molecular flexibility index (Phi) is 3.70. The molecule has 0 bridgehead atoms. The Bertz CT molecular complexity index is 594. The van der Waals surface area contributed by atoms with Gasteiger partial charge in [0.15, 0.2) is 0 Å². The van der Waals surface area contributed by atoms with Crippen molar-refractivity contribution in [2.24, 2.45) is 11.3 Å². The Balaban J connectivity index is 2.09. The number of carbonyl (C=O) groups is 1. The molecule has 0 N–H and O–H groups in total. The van der Waals surface area contributed by atoms with E-state index in [2.05, 4.69) is 26.0 Å². The number of hydrogen-bond donors (Lipinski definition) is 0. The number of rotatable bonds is 2. The van der Waals surface area contributed by atoms with Crippen LogP contribution in [0.15, 0.2) is 18.2 Å². The summed E-state index contributed by atoms with van der Waals surface area (Å²) in [6.45, 7) is 4.43. The summed E-state index contributed by atoms with van der Waals surface area (Å²) in [4.78, 5) is 12.5. The van der Waals surface area contributed by atoms with Crippen LogP contribution in [0.5, 0.6) is 5.75 Å². The Morgan fingerprint density at radius 3 is 2.68 bits per heavy atom. The lowest BCUT2D eigenvalue weighted by Gasteiger charge is -2.54. The van der Waals surface area contributed by atoms with Gasteiger partial charge in [0.05, 0.1) is 19.6 Å². The summed E-state index contributed by atoms with van der Waals surface area (Å²) in [6, 6.07) is 6.43. The maximum Gasteiger partial charge on any atom is 0.311 e. The van der Waals surface area contributed by atoms with Crippen LogP contribution in [0.4, 0.5) is 0 Å². The first-order valence-electron chi connectivity index (χ1n) is 8.21. The van der Waals surface area contributed by atoms with Gasteiger partial charge in [-0.05, 0) is 67.2 Å². The van der Waals surface area contributed by atoms with Crippen LogP contribution in [0.2, 0.25) is 0 Å². The molecule has 0 saturated heterocycles. The maximum absolute atomic E-state index is 12.5. The highest BCUT2D eigenvalue weighted by Crippen LogP contribution is 2.57. The fourth-order valence-electron chi connectivity index (χ4n) is 5.04.